The minimum absolute atomic E-state index is 0.613. The van der Waals surface area contributed by atoms with Crippen LogP contribution >= 0.6 is 0 Å². The van der Waals surface area contributed by atoms with Crippen LogP contribution in [0.1, 0.15) is 18.9 Å². The van der Waals surface area contributed by atoms with Crippen LogP contribution in [0.2, 0.25) is 0 Å². The van der Waals surface area contributed by atoms with E-state index in [1.54, 1.807) is 0 Å². The predicted octanol–water partition coefficient (Wildman–Crippen LogP) is 6.97. The molecule has 0 saturated heterocycles. The zero-order valence-corrected chi connectivity index (χ0v) is 14.9. The molecular weight excluding hydrogens is 314 g/mol. The van der Waals surface area contributed by atoms with E-state index >= 15 is 0 Å². The minimum atomic E-state index is 0.613. The van der Waals surface area contributed by atoms with Crippen LogP contribution in [0.25, 0.3) is 38.5 Å². The highest BCUT2D eigenvalue weighted by atomic mass is 14.7. The third-order valence-corrected chi connectivity index (χ3v) is 5.31. The number of hydrogen-bond donors (Lipinski definition) is 1. The summed E-state index contributed by atoms with van der Waals surface area (Å²) >= 11 is 0. The maximum absolute atomic E-state index is 3.63. The molecule has 0 aliphatic heterocycles. The second kappa shape index (κ2) is 6.03. The van der Waals surface area contributed by atoms with E-state index in [1.807, 2.05) is 0 Å². The van der Waals surface area contributed by atoms with Gasteiger partial charge in [0.05, 0.1) is 0 Å². The number of rotatable bonds is 2. The molecule has 1 aromatic heterocycles. The first-order chi connectivity index (χ1) is 12.8. The summed E-state index contributed by atoms with van der Waals surface area (Å²) in [7, 11) is 0. The summed E-state index contributed by atoms with van der Waals surface area (Å²) in [5.41, 5.74) is 7.51. The quantitative estimate of drug-likeness (QED) is 0.407. The number of allylic oxidation sites excluding steroid dienone is 4. The number of nitrogens with one attached hydrogen (secondary N) is 1. The molecular formula is C25H21N. The van der Waals surface area contributed by atoms with Gasteiger partial charge in [0.15, 0.2) is 0 Å². The van der Waals surface area contributed by atoms with E-state index < -0.39 is 0 Å². The summed E-state index contributed by atoms with van der Waals surface area (Å²) < 4.78 is 0. The Morgan fingerprint density at radius 3 is 2.19 bits per heavy atom. The highest BCUT2D eigenvalue weighted by Gasteiger charge is 2.10. The lowest BCUT2D eigenvalue weighted by Crippen LogP contribution is -1.94. The molecule has 26 heavy (non-hydrogen) atoms. The van der Waals surface area contributed by atoms with Gasteiger partial charge in [-0.2, -0.15) is 0 Å². The first-order valence-corrected chi connectivity index (χ1v) is 9.27. The van der Waals surface area contributed by atoms with Crippen LogP contribution in [-0.2, 0) is 0 Å². The van der Waals surface area contributed by atoms with E-state index in [1.165, 1.54) is 44.1 Å². The fourth-order valence-corrected chi connectivity index (χ4v) is 3.93. The van der Waals surface area contributed by atoms with Gasteiger partial charge in [0.1, 0.15) is 0 Å². The highest BCUT2D eigenvalue weighted by Crippen LogP contribution is 2.32. The third kappa shape index (κ3) is 2.57. The summed E-state index contributed by atoms with van der Waals surface area (Å²) in [5, 5.41) is 2.57. The van der Waals surface area contributed by atoms with E-state index in [2.05, 4.69) is 96.9 Å². The molecule has 1 N–H and O–H groups in total. The van der Waals surface area contributed by atoms with Crippen molar-refractivity contribution in [3.63, 3.8) is 0 Å². The zero-order chi connectivity index (χ0) is 17.5. The van der Waals surface area contributed by atoms with Crippen molar-refractivity contribution in [3.8, 4) is 11.1 Å². The van der Waals surface area contributed by atoms with Crippen molar-refractivity contribution in [2.75, 3.05) is 0 Å². The standard InChI is InChI=1S/C25H21N/c1-17-6-5-9-19(14-17)21-11-13-23-22-12-10-20(18-7-3-2-4-8-18)15-24(22)26-25(23)16-21/h2-5,7-17,26H,6H2,1H3. The van der Waals surface area contributed by atoms with Crippen LogP contribution in [-0.4, -0.2) is 4.98 Å². The number of fused-ring (bicyclic) bond motifs is 3. The fourth-order valence-electron chi connectivity index (χ4n) is 3.93. The van der Waals surface area contributed by atoms with Gasteiger partial charge in [-0.3, -0.25) is 0 Å². The van der Waals surface area contributed by atoms with Crippen molar-refractivity contribution in [1.29, 1.82) is 0 Å². The van der Waals surface area contributed by atoms with Crippen LogP contribution in [0, 0.1) is 5.92 Å². The minimum Gasteiger partial charge on any atom is -0.354 e. The Bertz CT molecular complexity index is 1160. The van der Waals surface area contributed by atoms with Crippen LogP contribution in [0.5, 0.6) is 0 Å². The Morgan fingerprint density at radius 1 is 0.769 bits per heavy atom. The monoisotopic (exact) mass is 335 g/mol. The second-order valence-corrected chi connectivity index (χ2v) is 7.25. The van der Waals surface area contributed by atoms with Gasteiger partial charge < -0.3 is 4.98 Å². The molecule has 1 aliphatic carbocycles. The maximum Gasteiger partial charge on any atom is 0.0471 e. The molecule has 1 aliphatic rings. The number of aromatic amines is 1. The van der Waals surface area contributed by atoms with Crippen molar-refractivity contribution in [2.45, 2.75) is 13.3 Å². The topological polar surface area (TPSA) is 15.8 Å². The van der Waals surface area contributed by atoms with E-state index in [9.17, 15) is 0 Å². The van der Waals surface area contributed by atoms with Crippen LogP contribution < -0.4 is 0 Å². The van der Waals surface area contributed by atoms with E-state index in [4.69, 9.17) is 0 Å². The van der Waals surface area contributed by atoms with Gasteiger partial charge in [0.25, 0.3) is 0 Å². The average Bonchev–Trinajstić information content (AvgIpc) is 3.05. The molecule has 0 bridgehead atoms. The average molecular weight is 335 g/mol. The van der Waals surface area contributed by atoms with Crippen molar-refractivity contribution in [2.24, 2.45) is 5.92 Å². The van der Waals surface area contributed by atoms with Gasteiger partial charge in [-0.05, 0) is 46.7 Å². The lowest BCUT2D eigenvalue weighted by atomic mass is 9.93. The van der Waals surface area contributed by atoms with Gasteiger partial charge in [0.2, 0.25) is 0 Å². The van der Waals surface area contributed by atoms with E-state index in [-0.39, 0.29) is 0 Å². The molecule has 5 rings (SSSR count). The van der Waals surface area contributed by atoms with Crippen LogP contribution in [0.3, 0.4) is 0 Å². The zero-order valence-electron chi connectivity index (χ0n) is 14.9. The summed E-state index contributed by atoms with van der Waals surface area (Å²) in [5.74, 6) is 0.613. The molecule has 0 fully saturated rings. The molecule has 1 heteroatoms. The number of hydrogen-bond acceptors (Lipinski definition) is 0. The Kier molecular flexibility index (Phi) is 3.53. The summed E-state index contributed by atoms with van der Waals surface area (Å²) in [6, 6.07) is 24.0. The van der Waals surface area contributed by atoms with Crippen molar-refractivity contribution < 1.29 is 0 Å². The number of H-pyrrole nitrogens is 1. The first-order valence-electron chi connectivity index (χ1n) is 9.27. The van der Waals surface area contributed by atoms with Crippen molar-refractivity contribution in [1.82, 2.24) is 4.98 Å². The molecule has 0 spiro atoms. The van der Waals surface area contributed by atoms with Gasteiger partial charge in [0, 0.05) is 21.8 Å². The lowest BCUT2D eigenvalue weighted by molar-refractivity contribution is 0.740. The predicted molar refractivity (Wildman–Crippen MR) is 112 cm³/mol. The Balaban J connectivity index is 1.63. The van der Waals surface area contributed by atoms with E-state index in [0.717, 1.165) is 6.42 Å². The molecule has 1 nitrogen and oxygen atoms in total. The lowest BCUT2D eigenvalue weighted by Gasteiger charge is -2.12. The SMILES string of the molecule is CC1C=C(c2ccc3c(c2)[nH]c2cc(-c4ccccc4)ccc23)C=CC1. The maximum atomic E-state index is 3.63. The highest BCUT2D eigenvalue weighted by molar-refractivity contribution is 6.09. The summed E-state index contributed by atoms with van der Waals surface area (Å²) in [6.45, 7) is 2.27. The molecule has 3 aromatic carbocycles. The Hall–Kier alpha value is -3.06. The van der Waals surface area contributed by atoms with Crippen LogP contribution in [0.4, 0.5) is 0 Å². The number of benzene rings is 3. The summed E-state index contributed by atoms with van der Waals surface area (Å²) in [6.07, 6.45) is 8.04. The molecule has 126 valence electrons. The Labute approximate surface area is 153 Å². The summed E-state index contributed by atoms with van der Waals surface area (Å²) in [4.78, 5) is 3.63. The Morgan fingerprint density at radius 2 is 1.46 bits per heavy atom. The van der Waals surface area contributed by atoms with Gasteiger partial charge in [-0.15, -0.1) is 0 Å². The first kappa shape index (κ1) is 15.2. The normalized spacial score (nSPS) is 17.0. The second-order valence-electron chi connectivity index (χ2n) is 7.25. The molecule has 0 saturated carbocycles. The van der Waals surface area contributed by atoms with Gasteiger partial charge in [-0.1, -0.05) is 79.7 Å². The fraction of sp³-hybridized carbons (Fsp3) is 0.120. The molecule has 0 radical (unpaired) electrons. The van der Waals surface area contributed by atoms with Crippen molar-refractivity contribution in [3.05, 3.63) is 90.5 Å². The molecule has 0 amide bonds. The van der Waals surface area contributed by atoms with Crippen molar-refractivity contribution >= 4 is 27.4 Å². The largest absolute Gasteiger partial charge is 0.354 e. The van der Waals surface area contributed by atoms with Crippen LogP contribution in [0.15, 0.2) is 85.0 Å². The molecule has 1 atom stereocenters. The smallest absolute Gasteiger partial charge is 0.0471 e. The van der Waals surface area contributed by atoms with Gasteiger partial charge >= 0.3 is 0 Å². The third-order valence-electron chi connectivity index (χ3n) is 5.31. The van der Waals surface area contributed by atoms with E-state index in [0.29, 0.717) is 5.92 Å². The number of aromatic nitrogens is 1. The molecule has 1 unspecified atom stereocenters. The van der Waals surface area contributed by atoms with Gasteiger partial charge in [-0.25, -0.2) is 0 Å². The molecule has 1 heterocycles. The molecule has 4 aromatic rings.